The van der Waals surface area contributed by atoms with Crippen molar-refractivity contribution < 1.29 is 9.59 Å². The van der Waals surface area contributed by atoms with E-state index >= 15 is 0 Å². The lowest BCUT2D eigenvalue weighted by atomic mass is 10.2. The molecule has 2 N–H and O–H groups in total. The molecule has 7 nitrogen and oxygen atoms in total. The van der Waals surface area contributed by atoms with E-state index in [2.05, 4.69) is 15.3 Å². The van der Waals surface area contributed by atoms with Crippen LogP contribution in [0.25, 0.3) is 10.2 Å². The lowest BCUT2D eigenvalue weighted by Gasteiger charge is -2.05. The molecule has 0 aliphatic carbocycles. The Morgan fingerprint density at radius 3 is 2.80 bits per heavy atom. The Balaban J connectivity index is 1.67. The fourth-order valence-corrected chi connectivity index (χ4v) is 3.65. The van der Waals surface area contributed by atoms with Gasteiger partial charge in [-0.2, -0.15) is 0 Å². The molecule has 0 aliphatic heterocycles. The van der Waals surface area contributed by atoms with Crippen molar-refractivity contribution in [2.24, 2.45) is 7.05 Å². The van der Waals surface area contributed by atoms with Gasteiger partial charge in [0.1, 0.15) is 10.7 Å². The molecule has 0 atom stereocenters. The molecular weight excluding hydrogens is 340 g/mol. The monoisotopic (exact) mass is 358 g/mol. The molecule has 0 aromatic carbocycles. The third-order valence-corrected chi connectivity index (χ3v) is 5.22. The molecule has 0 radical (unpaired) electrons. The predicted octanol–water partition coefficient (Wildman–Crippen LogP) is 1.48. The number of nitrogens with zero attached hydrogens (tertiary/aromatic N) is 2. The number of thiophene rings is 1. The van der Waals surface area contributed by atoms with Crippen LogP contribution in [0.3, 0.4) is 0 Å². The summed E-state index contributed by atoms with van der Waals surface area (Å²) < 4.78 is 1.59. The average Bonchev–Trinajstić information content (AvgIpc) is 3.10. The maximum absolute atomic E-state index is 12.2. The number of Topliss-reactive ketones (excluding diaryl/α,β-unsaturated/α-hetero) is 1. The fourth-order valence-electron chi connectivity index (χ4n) is 2.61. The van der Waals surface area contributed by atoms with Gasteiger partial charge in [0.15, 0.2) is 0 Å². The number of carbonyl (C=O) groups is 2. The highest BCUT2D eigenvalue weighted by atomic mass is 32.1. The number of rotatable bonds is 5. The molecule has 3 rings (SSSR count). The Kier molecular flexibility index (Phi) is 4.54. The SMILES string of the molecule is Cc1sc2nc(CCNC(=O)C(=O)c3cccn3C)[nH]c(=O)c2c1C. The summed E-state index contributed by atoms with van der Waals surface area (Å²) in [6, 6.07) is 3.30. The van der Waals surface area contributed by atoms with E-state index in [4.69, 9.17) is 0 Å². The Morgan fingerprint density at radius 1 is 1.36 bits per heavy atom. The molecule has 0 bridgehead atoms. The van der Waals surface area contributed by atoms with Gasteiger partial charge in [0.05, 0.1) is 11.1 Å². The number of ketones is 1. The van der Waals surface area contributed by atoms with E-state index < -0.39 is 11.7 Å². The van der Waals surface area contributed by atoms with Gasteiger partial charge >= 0.3 is 0 Å². The Labute approximate surface area is 147 Å². The van der Waals surface area contributed by atoms with E-state index in [1.165, 1.54) is 11.3 Å². The number of H-pyrrole nitrogens is 1. The van der Waals surface area contributed by atoms with Crippen molar-refractivity contribution in [1.82, 2.24) is 19.9 Å². The second kappa shape index (κ2) is 6.64. The molecule has 0 unspecified atom stereocenters. The van der Waals surface area contributed by atoms with Gasteiger partial charge in [-0.25, -0.2) is 4.98 Å². The van der Waals surface area contributed by atoms with Gasteiger partial charge in [-0.15, -0.1) is 11.3 Å². The highest BCUT2D eigenvalue weighted by molar-refractivity contribution is 7.18. The van der Waals surface area contributed by atoms with E-state index in [9.17, 15) is 14.4 Å². The maximum atomic E-state index is 12.2. The van der Waals surface area contributed by atoms with E-state index in [0.29, 0.717) is 28.2 Å². The molecule has 3 aromatic rings. The number of hydrogen-bond donors (Lipinski definition) is 2. The number of aromatic nitrogens is 3. The van der Waals surface area contributed by atoms with Gasteiger partial charge in [0.2, 0.25) is 0 Å². The summed E-state index contributed by atoms with van der Waals surface area (Å²) in [6.45, 7) is 4.07. The first-order valence-electron chi connectivity index (χ1n) is 7.81. The number of fused-ring (bicyclic) bond motifs is 1. The first kappa shape index (κ1) is 17.1. The third kappa shape index (κ3) is 3.25. The van der Waals surface area contributed by atoms with Crippen LogP contribution in [0.2, 0.25) is 0 Å². The minimum absolute atomic E-state index is 0.173. The zero-order chi connectivity index (χ0) is 18.1. The van der Waals surface area contributed by atoms with Crippen LogP contribution in [0.15, 0.2) is 23.1 Å². The van der Waals surface area contributed by atoms with Crippen LogP contribution < -0.4 is 10.9 Å². The van der Waals surface area contributed by atoms with Crippen LogP contribution in [0.1, 0.15) is 26.8 Å². The minimum atomic E-state index is -0.673. The molecule has 0 fully saturated rings. The number of aryl methyl sites for hydroxylation is 3. The lowest BCUT2D eigenvalue weighted by Crippen LogP contribution is -2.33. The lowest BCUT2D eigenvalue weighted by molar-refractivity contribution is -0.117. The number of nitrogens with one attached hydrogen (secondary N) is 2. The number of amides is 1. The second-order valence-corrected chi connectivity index (χ2v) is 7.02. The second-order valence-electron chi connectivity index (χ2n) is 5.82. The number of hydrogen-bond acceptors (Lipinski definition) is 5. The molecule has 25 heavy (non-hydrogen) atoms. The highest BCUT2D eigenvalue weighted by Crippen LogP contribution is 2.25. The molecule has 130 valence electrons. The van der Waals surface area contributed by atoms with Crippen molar-refractivity contribution in [2.45, 2.75) is 20.3 Å². The number of carbonyl (C=O) groups excluding carboxylic acids is 2. The highest BCUT2D eigenvalue weighted by Gasteiger charge is 2.18. The fraction of sp³-hybridized carbons (Fsp3) is 0.294. The van der Waals surface area contributed by atoms with Gasteiger partial charge in [0, 0.05) is 31.1 Å². The summed E-state index contributed by atoms with van der Waals surface area (Å²) in [4.78, 5) is 45.1. The quantitative estimate of drug-likeness (QED) is 0.533. The average molecular weight is 358 g/mol. The van der Waals surface area contributed by atoms with Crippen molar-refractivity contribution in [3.8, 4) is 0 Å². The van der Waals surface area contributed by atoms with Gasteiger partial charge in [-0.1, -0.05) is 0 Å². The summed E-state index contributed by atoms with van der Waals surface area (Å²) in [5, 5.41) is 3.19. The van der Waals surface area contributed by atoms with E-state index in [-0.39, 0.29) is 12.1 Å². The van der Waals surface area contributed by atoms with Crippen molar-refractivity contribution >= 4 is 33.2 Å². The topological polar surface area (TPSA) is 96.8 Å². The van der Waals surface area contributed by atoms with Crippen LogP contribution in [0.5, 0.6) is 0 Å². The molecular formula is C17H18N4O3S. The normalized spacial score (nSPS) is 11.0. The molecule has 1 amide bonds. The Morgan fingerprint density at radius 2 is 2.12 bits per heavy atom. The standard InChI is InChI=1S/C17H18N4O3S/c1-9-10(2)25-17-13(9)15(23)19-12(20-17)6-7-18-16(24)14(22)11-5-4-8-21(11)3/h4-5,8H,6-7H2,1-3H3,(H,18,24)(H,19,20,23). The maximum Gasteiger partial charge on any atom is 0.294 e. The van der Waals surface area contributed by atoms with Crippen LogP contribution in [-0.2, 0) is 18.3 Å². The first-order valence-corrected chi connectivity index (χ1v) is 8.63. The van der Waals surface area contributed by atoms with Crippen molar-refractivity contribution in [3.05, 3.63) is 50.6 Å². The summed E-state index contributed by atoms with van der Waals surface area (Å²) in [5.41, 5.74) is 1.10. The summed E-state index contributed by atoms with van der Waals surface area (Å²) in [6.07, 6.45) is 2.04. The van der Waals surface area contributed by atoms with Gasteiger partial charge in [-0.05, 0) is 31.5 Å². The van der Waals surface area contributed by atoms with Crippen molar-refractivity contribution in [2.75, 3.05) is 6.54 Å². The van der Waals surface area contributed by atoms with Crippen molar-refractivity contribution in [3.63, 3.8) is 0 Å². The smallest absolute Gasteiger partial charge is 0.294 e. The molecule has 3 heterocycles. The summed E-state index contributed by atoms with van der Waals surface area (Å²) in [5.74, 6) is -0.771. The largest absolute Gasteiger partial charge is 0.349 e. The minimum Gasteiger partial charge on any atom is -0.349 e. The molecule has 0 saturated heterocycles. The number of aromatic amines is 1. The zero-order valence-electron chi connectivity index (χ0n) is 14.2. The molecule has 0 aliphatic rings. The van der Waals surface area contributed by atoms with E-state index in [1.54, 1.807) is 29.9 Å². The summed E-state index contributed by atoms with van der Waals surface area (Å²) in [7, 11) is 1.70. The predicted molar refractivity (Wildman–Crippen MR) is 96.2 cm³/mol. The van der Waals surface area contributed by atoms with Crippen LogP contribution >= 0.6 is 11.3 Å². The van der Waals surface area contributed by atoms with E-state index in [1.807, 2.05) is 13.8 Å². The summed E-state index contributed by atoms with van der Waals surface area (Å²) >= 11 is 1.48. The van der Waals surface area contributed by atoms with Crippen LogP contribution in [0, 0.1) is 13.8 Å². The Hall–Kier alpha value is -2.74. The van der Waals surface area contributed by atoms with Crippen LogP contribution in [0.4, 0.5) is 0 Å². The molecule has 8 heteroatoms. The molecule has 0 spiro atoms. The van der Waals surface area contributed by atoms with Crippen LogP contribution in [-0.4, -0.2) is 32.8 Å². The van der Waals surface area contributed by atoms with E-state index in [0.717, 1.165) is 10.4 Å². The zero-order valence-corrected chi connectivity index (χ0v) is 15.0. The van der Waals surface area contributed by atoms with Gasteiger partial charge in [0.25, 0.3) is 17.2 Å². The van der Waals surface area contributed by atoms with Crippen molar-refractivity contribution in [1.29, 1.82) is 0 Å². The molecule has 3 aromatic heterocycles. The molecule has 0 saturated carbocycles. The first-order chi connectivity index (χ1) is 11.9. The van der Waals surface area contributed by atoms with Gasteiger partial charge in [-0.3, -0.25) is 14.4 Å². The Bertz CT molecular complexity index is 1030. The van der Waals surface area contributed by atoms with Gasteiger partial charge < -0.3 is 14.9 Å². The third-order valence-electron chi connectivity index (χ3n) is 4.12.